The number of carbonyl (C=O) groups is 1. The summed E-state index contributed by atoms with van der Waals surface area (Å²) in [6.45, 7) is 8.33. The molecule has 0 amide bonds. The maximum Gasteiger partial charge on any atom is 0.185 e. The molecule has 6 heteroatoms. The minimum absolute atomic E-state index is 0.0443. The lowest BCUT2D eigenvalue weighted by Gasteiger charge is -2.60. The van der Waals surface area contributed by atoms with Crippen LogP contribution in [0.4, 0.5) is 0 Å². The lowest BCUT2D eigenvalue weighted by atomic mass is 9.44. The van der Waals surface area contributed by atoms with Crippen molar-refractivity contribution in [2.45, 2.75) is 116 Å². The van der Waals surface area contributed by atoms with E-state index in [1.54, 1.807) is 14.0 Å². The van der Waals surface area contributed by atoms with Crippen molar-refractivity contribution < 1.29 is 23.7 Å². The molecule has 2 aromatic carbocycles. The number of ether oxygens (including phenoxy) is 4. The van der Waals surface area contributed by atoms with Gasteiger partial charge in [0, 0.05) is 19.3 Å². The van der Waals surface area contributed by atoms with Crippen molar-refractivity contribution in [3.63, 3.8) is 0 Å². The van der Waals surface area contributed by atoms with Crippen molar-refractivity contribution >= 4 is 16.9 Å². The summed E-state index contributed by atoms with van der Waals surface area (Å²) in [6.07, 6.45) is 12.5. The molecule has 240 valence electrons. The maximum atomic E-state index is 11.1. The molecule has 1 saturated heterocycles. The minimum Gasteiger partial charge on any atom is -0.497 e. The normalized spacial score (nSPS) is 32.8. The summed E-state index contributed by atoms with van der Waals surface area (Å²) in [4.78, 5) is 11.1. The van der Waals surface area contributed by atoms with E-state index in [0.29, 0.717) is 24.4 Å². The highest BCUT2D eigenvalue weighted by Crippen LogP contribution is 2.71. The molecule has 0 spiro atoms. The highest BCUT2D eigenvalue weighted by molar-refractivity contribution is 8.13. The van der Waals surface area contributed by atoms with Gasteiger partial charge in [-0.25, -0.2) is 0 Å². The van der Waals surface area contributed by atoms with Crippen LogP contribution in [0.25, 0.3) is 0 Å². The first-order valence-electron chi connectivity index (χ1n) is 17.1. The van der Waals surface area contributed by atoms with Crippen molar-refractivity contribution in [2.75, 3.05) is 26.1 Å². The first-order valence-corrected chi connectivity index (χ1v) is 18.1. The minimum atomic E-state index is -0.0443. The van der Waals surface area contributed by atoms with Gasteiger partial charge in [-0.1, -0.05) is 43.8 Å². The number of aryl methyl sites for hydroxylation is 1. The first kappa shape index (κ1) is 31.9. The van der Waals surface area contributed by atoms with E-state index >= 15 is 0 Å². The quantitative estimate of drug-likeness (QED) is 0.234. The largest absolute Gasteiger partial charge is 0.497 e. The van der Waals surface area contributed by atoms with E-state index < -0.39 is 0 Å². The number of hydrogen-bond acceptors (Lipinski definition) is 6. The average molecular weight is 621 g/mol. The fraction of sp³-hybridized carbons (Fsp3) is 0.658. The van der Waals surface area contributed by atoms with Gasteiger partial charge in [-0.15, -0.1) is 0 Å². The van der Waals surface area contributed by atoms with Crippen LogP contribution in [-0.4, -0.2) is 43.6 Å². The number of rotatable bonds is 11. The van der Waals surface area contributed by atoms with Crippen LogP contribution in [-0.2, 0) is 20.7 Å². The Morgan fingerprint density at radius 2 is 1.80 bits per heavy atom. The third-order valence-corrected chi connectivity index (χ3v) is 12.5. The lowest BCUT2D eigenvalue weighted by molar-refractivity contribution is -0.217. The number of thioether (sulfide) groups is 1. The Hall–Kier alpha value is -2.02. The Balaban J connectivity index is 1.24. The molecule has 1 heterocycles. The Labute approximate surface area is 269 Å². The molecule has 0 bridgehead atoms. The molecule has 5 nitrogen and oxygen atoms in total. The molecule has 0 aromatic heterocycles. The summed E-state index contributed by atoms with van der Waals surface area (Å²) in [6, 6.07) is 15.9. The summed E-state index contributed by atoms with van der Waals surface area (Å²) < 4.78 is 24.8. The van der Waals surface area contributed by atoms with Gasteiger partial charge in [-0.2, -0.15) is 0 Å². The summed E-state index contributed by atoms with van der Waals surface area (Å²) in [7, 11) is 1.77. The smallest absolute Gasteiger partial charge is 0.185 e. The van der Waals surface area contributed by atoms with Crippen molar-refractivity contribution in [3.05, 3.63) is 59.2 Å². The van der Waals surface area contributed by atoms with Crippen LogP contribution < -0.4 is 9.47 Å². The topological polar surface area (TPSA) is 54.0 Å². The third kappa shape index (κ3) is 6.46. The monoisotopic (exact) mass is 620 g/mol. The highest BCUT2D eigenvalue weighted by atomic mass is 32.2. The zero-order valence-electron chi connectivity index (χ0n) is 27.3. The molecule has 6 rings (SSSR count). The van der Waals surface area contributed by atoms with E-state index in [0.717, 1.165) is 75.2 Å². The standard InChI is InChI=1S/C38H52O5S/c1-26(39)44-23-9-5-7-21-41-29-13-11-27(12-14-29)32-25-38(3)33(17-18-34(38)43-35-10-6-8-22-42-35)37(2)20-19-28-24-30(40-4)15-16-31(28)36(32)37/h11-16,24,32-36H,5-10,17-23,25H2,1-4H3/t32-,33+,34+,35?,36+,37+,38+/m1/s1. The van der Waals surface area contributed by atoms with Gasteiger partial charge in [-0.3, -0.25) is 4.79 Å². The second kappa shape index (κ2) is 13.8. The van der Waals surface area contributed by atoms with E-state index in [1.807, 2.05) is 0 Å². The van der Waals surface area contributed by atoms with E-state index in [1.165, 1.54) is 47.7 Å². The van der Waals surface area contributed by atoms with Gasteiger partial charge >= 0.3 is 0 Å². The highest BCUT2D eigenvalue weighted by Gasteiger charge is 2.63. The van der Waals surface area contributed by atoms with Gasteiger partial charge in [0.1, 0.15) is 11.5 Å². The number of unbranched alkanes of at least 4 members (excludes halogenated alkanes) is 2. The summed E-state index contributed by atoms with van der Waals surface area (Å²) >= 11 is 1.42. The van der Waals surface area contributed by atoms with E-state index in [4.69, 9.17) is 18.9 Å². The molecule has 4 aliphatic rings. The van der Waals surface area contributed by atoms with Crippen LogP contribution in [0.2, 0.25) is 0 Å². The van der Waals surface area contributed by atoms with Gasteiger partial charge in [0.2, 0.25) is 0 Å². The number of benzene rings is 2. The van der Waals surface area contributed by atoms with Gasteiger partial charge in [-0.05, 0) is 140 Å². The number of fused-ring (bicyclic) bond motifs is 5. The predicted molar refractivity (Wildman–Crippen MR) is 178 cm³/mol. The van der Waals surface area contributed by atoms with Crippen molar-refractivity contribution in [3.8, 4) is 11.5 Å². The molecular weight excluding hydrogens is 568 g/mol. The summed E-state index contributed by atoms with van der Waals surface area (Å²) in [5.74, 6) is 4.29. The van der Waals surface area contributed by atoms with E-state index in [2.05, 4.69) is 56.3 Å². The Morgan fingerprint density at radius 1 is 0.977 bits per heavy atom. The second-order valence-electron chi connectivity index (χ2n) is 14.2. The van der Waals surface area contributed by atoms with Crippen LogP contribution in [0, 0.1) is 16.7 Å². The zero-order chi connectivity index (χ0) is 30.7. The molecule has 2 aromatic rings. The third-order valence-electron chi connectivity index (χ3n) is 11.6. The lowest BCUT2D eigenvalue weighted by Crippen LogP contribution is -2.53. The van der Waals surface area contributed by atoms with Gasteiger partial charge in [0.25, 0.3) is 0 Å². The van der Waals surface area contributed by atoms with Gasteiger partial charge < -0.3 is 18.9 Å². The molecular formula is C38H52O5S. The van der Waals surface area contributed by atoms with Gasteiger partial charge in [0.05, 0.1) is 19.8 Å². The first-order chi connectivity index (χ1) is 21.3. The Bertz CT molecular complexity index is 1270. The van der Waals surface area contributed by atoms with Crippen molar-refractivity contribution in [1.29, 1.82) is 0 Å². The van der Waals surface area contributed by atoms with E-state index in [-0.39, 0.29) is 28.3 Å². The molecule has 0 N–H and O–H groups in total. The number of carbonyl (C=O) groups excluding carboxylic acids is 1. The molecule has 3 aliphatic carbocycles. The van der Waals surface area contributed by atoms with Crippen molar-refractivity contribution in [2.24, 2.45) is 16.7 Å². The SMILES string of the molecule is COc1ccc2c(c1)CC[C@@]1(C)[C@@H]3CC[C@H](OC4CCCCO4)[C@@]3(C)C[C@H](c3ccc(OCCCCCSC(C)=O)cc3)[C@H]21. The fourth-order valence-corrected chi connectivity index (χ4v) is 10.1. The fourth-order valence-electron chi connectivity index (χ4n) is 9.49. The molecule has 7 atom stereocenters. The molecule has 3 fully saturated rings. The summed E-state index contributed by atoms with van der Waals surface area (Å²) in [5.41, 5.74) is 4.70. The van der Waals surface area contributed by atoms with Crippen LogP contribution in [0.1, 0.15) is 114 Å². The molecule has 2 saturated carbocycles. The van der Waals surface area contributed by atoms with Crippen LogP contribution in [0.3, 0.4) is 0 Å². The van der Waals surface area contributed by atoms with Crippen LogP contribution in [0.15, 0.2) is 42.5 Å². The van der Waals surface area contributed by atoms with Crippen molar-refractivity contribution in [1.82, 2.24) is 0 Å². The Morgan fingerprint density at radius 3 is 2.55 bits per heavy atom. The van der Waals surface area contributed by atoms with Gasteiger partial charge in [0.15, 0.2) is 11.4 Å². The average Bonchev–Trinajstić information content (AvgIpc) is 3.36. The predicted octanol–water partition coefficient (Wildman–Crippen LogP) is 9.08. The number of hydrogen-bond donors (Lipinski definition) is 0. The second-order valence-corrected chi connectivity index (χ2v) is 15.5. The maximum absolute atomic E-state index is 11.1. The summed E-state index contributed by atoms with van der Waals surface area (Å²) in [5, 5.41) is 0.204. The zero-order valence-corrected chi connectivity index (χ0v) is 28.1. The molecule has 1 aliphatic heterocycles. The number of methoxy groups -OCH3 is 1. The van der Waals surface area contributed by atoms with E-state index in [9.17, 15) is 4.79 Å². The molecule has 1 unspecified atom stereocenters. The Kier molecular flexibility index (Phi) is 9.99. The van der Waals surface area contributed by atoms with Crippen LogP contribution >= 0.6 is 11.8 Å². The molecule has 44 heavy (non-hydrogen) atoms. The van der Waals surface area contributed by atoms with Crippen LogP contribution in [0.5, 0.6) is 11.5 Å². The molecule has 0 radical (unpaired) electrons.